The van der Waals surface area contributed by atoms with E-state index in [1.54, 1.807) is 0 Å². The van der Waals surface area contributed by atoms with Crippen molar-refractivity contribution in [1.29, 1.82) is 0 Å². The van der Waals surface area contributed by atoms with Gasteiger partial charge in [-0.3, -0.25) is 9.89 Å². The van der Waals surface area contributed by atoms with Crippen LogP contribution in [0.3, 0.4) is 0 Å². The summed E-state index contributed by atoms with van der Waals surface area (Å²) < 4.78 is 0. The van der Waals surface area contributed by atoms with Gasteiger partial charge in [-0.25, -0.2) is 0 Å². The molecule has 0 saturated heterocycles. The summed E-state index contributed by atoms with van der Waals surface area (Å²) >= 11 is 0. The fourth-order valence-electron chi connectivity index (χ4n) is 1.32. The van der Waals surface area contributed by atoms with Gasteiger partial charge in [0, 0.05) is 5.39 Å². The third-order valence-corrected chi connectivity index (χ3v) is 1.95. The van der Waals surface area contributed by atoms with E-state index < -0.39 is 5.91 Å². The van der Waals surface area contributed by atoms with Crippen molar-refractivity contribution < 1.29 is 4.79 Å². The summed E-state index contributed by atoms with van der Waals surface area (Å²) in [4.78, 5) is 10.9. The molecule has 1 amide bonds. The zero-order chi connectivity index (χ0) is 9.42. The number of carbonyl (C=O) groups is 1. The topological polar surface area (TPSA) is 71.8 Å². The van der Waals surface area contributed by atoms with Crippen LogP contribution in [0.25, 0.3) is 10.9 Å². The quantitative estimate of drug-likeness (QED) is 0.677. The first-order valence-electron chi connectivity index (χ1n) is 3.93. The third-order valence-electron chi connectivity index (χ3n) is 1.95. The molecule has 0 unspecified atom stereocenters. The predicted molar refractivity (Wildman–Crippen MR) is 49.3 cm³/mol. The summed E-state index contributed by atoms with van der Waals surface area (Å²) in [7, 11) is 0. The van der Waals surface area contributed by atoms with Crippen LogP contribution in [0.4, 0.5) is 0 Å². The van der Waals surface area contributed by atoms with Crippen molar-refractivity contribution in [2.24, 2.45) is 5.73 Å². The molecule has 1 aromatic heterocycles. The molecule has 2 rings (SSSR count). The number of nitrogens with one attached hydrogen (secondary N) is 1. The lowest BCUT2D eigenvalue weighted by Gasteiger charge is -1.92. The summed E-state index contributed by atoms with van der Waals surface area (Å²) in [5, 5.41) is 7.37. The fraction of sp³-hybridized carbons (Fsp3) is 0.111. The Morgan fingerprint density at radius 2 is 2.31 bits per heavy atom. The number of primary amides is 1. The summed E-state index contributed by atoms with van der Waals surface area (Å²) in [6.45, 7) is 1.98. The molecule has 3 N–H and O–H groups in total. The number of aryl methyl sites for hydroxylation is 1. The largest absolute Gasteiger partial charge is 0.364 e. The molecule has 4 nitrogen and oxygen atoms in total. The second-order valence-corrected chi connectivity index (χ2v) is 2.99. The van der Waals surface area contributed by atoms with Crippen molar-refractivity contribution >= 4 is 16.8 Å². The van der Waals surface area contributed by atoms with Crippen LogP contribution in [-0.4, -0.2) is 16.1 Å². The van der Waals surface area contributed by atoms with Crippen molar-refractivity contribution in [2.45, 2.75) is 6.92 Å². The van der Waals surface area contributed by atoms with Gasteiger partial charge in [-0.05, 0) is 18.6 Å². The molecule has 0 aliphatic carbocycles. The molecular weight excluding hydrogens is 166 g/mol. The van der Waals surface area contributed by atoms with Gasteiger partial charge in [0.2, 0.25) is 0 Å². The number of rotatable bonds is 1. The average Bonchev–Trinajstić information content (AvgIpc) is 2.46. The number of H-pyrrole nitrogens is 1. The van der Waals surface area contributed by atoms with Crippen LogP contribution in [0.5, 0.6) is 0 Å². The van der Waals surface area contributed by atoms with E-state index in [2.05, 4.69) is 10.2 Å². The van der Waals surface area contributed by atoms with Gasteiger partial charge in [0.1, 0.15) is 0 Å². The lowest BCUT2D eigenvalue weighted by atomic mass is 10.1. The monoisotopic (exact) mass is 175 g/mol. The first kappa shape index (κ1) is 7.79. The molecule has 13 heavy (non-hydrogen) atoms. The Morgan fingerprint density at radius 3 is 3.00 bits per heavy atom. The lowest BCUT2D eigenvalue weighted by Crippen LogP contribution is -2.11. The number of amides is 1. The zero-order valence-corrected chi connectivity index (χ0v) is 7.16. The Morgan fingerprint density at radius 1 is 1.54 bits per heavy atom. The van der Waals surface area contributed by atoms with E-state index in [4.69, 9.17) is 5.73 Å². The molecule has 2 aromatic rings. The Balaban J connectivity index is 2.76. The van der Waals surface area contributed by atoms with Crippen molar-refractivity contribution in [3.63, 3.8) is 0 Å². The van der Waals surface area contributed by atoms with E-state index in [-0.39, 0.29) is 0 Å². The Bertz CT molecular complexity index is 473. The SMILES string of the molecule is Cc1ccc2c(C(N)=O)n[nH]c2c1. The van der Waals surface area contributed by atoms with Gasteiger partial charge < -0.3 is 5.73 Å². The average molecular weight is 175 g/mol. The highest BCUT2D eigenvalue weighted by atomic mass is 16.1. The number of carbonyl (C=O) groups excluding carboxylic acids is 1. The van der Waals surface area contributed by atoms with E-state index >= 15 is 0 Å². The zero-order valence-electron chi connectivity index (χ0n) is 7.16. The highest BCUT2D eigenvalue weighted by Gasteiger charge is 2.09. The number of aromatic amines is 1. The van der Waals surface area contributed by atoms with Crippen molar-refractivity contribution in [1.82, 2.24) is 10.2 Å². The molecule has 1 aromatic carbocycles. The van der Waals surface area contributed by atoms with E-state index in [1.807, 2.05) is 25.1 Å². The number of benzene rings is 1. The molecule has 0 atom stereocenters. The number of hydrogen-bond donors (Lipinski definition) is 2. The second-order valence-electron chi connectivity index (χ2n) is 2.99. The molecule has 0 bridgehead atoms. The molecule has 1 heterocycles. The van der Waals surface area contributed by atoms with Crippen LogP contribution in [0.15, 0.2) is 18.2 Å². The lowest BCUT2D eigenvalue weighted by molar-refractivity contribution is 0.0997. The number of fused-ring (bicyclic) bond motifs is 1. The standard InChI is InChI=1S/C9H9N3O/c1-5-2-3-6-7(4-5)11-12-8(6)9(10)13/h2-4H,1H3,(H2,10,13)(H,11,12). The Hall–Kier alpha value is -1.84. The van der Waals surface area contributed by atoms with Crippen LogP contribution in [0, 0.1) is 6.92 Å². The maximum atomic E-state index is 10.9. The maximum absolute atomic E-state index is 10.9. The highest BCUT2D eigenvalue weighted by Crippen LogP contribution is 2.16. The number of nitrogens with two attached hydrogens (primary N) is 1. The number of nitrogens with zero attached hydrogens (tertiary/aromatic N) is 1. The summed E-state index contributed by atoms with van der Waals surface area (Å²) in [6, 6.07) is 5.69. The molecular formula is C9H9N3O. The van der Waals surface area contributed by atoms with Crippen LogP contribution < -0.4 is 5.73 Å². The Labute approximate surface area is 74.7 Å². The first-order valence-corrected chi connectivity index (χ1v) is 3.93. The van der Waals surface area contributed by atoms with Crippen LogP contribution in [-0.2, 0) is 0 Å². The smallest absolute Gasteiger partial charge is 0.269 e. The number of aromatic nitrogens is 2. The molecule has 66 valence electrons. The van der Waals surface area contributed by atoms with Crippen LogP contribution in [0.2, 0.25) is 0 Å². The van der Waals surface area contributed by atoms with E-state index in [1.165, 1.54) is 0 Å². The van der Waals surface area contributed by atoms with Gasteiger partial charge in [-0.15, -0.1) is 0 Å². The van der Waals surface area contributed by atoms with Crippen LogP contribution >= 0.6 is 0 Å². The molecule has 0 spiro atoms. The molecule has 4 heteroatoms. The predicted octanol–water partition coefficient (Wildman–Crippen LogP) is 0.970. The summed E-state index contributed by atoms with van der Waals surface area (Å²) in [5.74, 6) is -0.505. The summed E-state index contributed by atoms with van der Waals surface area (Å²) in [5.41, 5.74) is 7.40. The minimum absolute atomic E-state index is 0.301. The molecule has 0 aliphatic heterocycles. The van der Waals surface area contributed by atoms with Crippen molar-refractivity contribution in [2.75, 3.05) is 0 Å². The van der Waals surface area contributed by atoms with E-state index in [0.717, 1.165) is 16.5 Å². The first-order chi connectivity index (χ1) is 6.18. The number of hydrogen-bond acceptors (Lipinski definition) is 2. The molecule has 0 aliphatic rings. The van der Waals surface area contributed by atoms with Crippen molar-refractivity contribution in [3.05, 3.63) is 29.5 Å². The van der Waals surface area contributed by atoms with Crippen LogP contribution in [0.1, 0.15) is 16.1 Å². The molecule has 0 saturated carbocycles. The highest BCUT2D eigenvalue weighted by molar-refractivity contribution is 6.03. The van der Waals surface area contributed by atoms with Gasteiger partial charge in [-0.1, -0.05) is 12.1 Å². The third kappa shape index (κ3) is 1.16. The van der Waals surface area contributed by atoms with Gasteiger partial charge >= 0.3 is 0 Å². The van der Waals surface area contributed by atoms with Gasteiger partial charge in [0.25, 0.3) is 5.91 Å². The Kier molecular flexibility index (Phi) is 1.55. The van der Waals surface area contributed by atoms with Gasteiger partial charge in [0.15, 0.2) is 5.69 Å². The fourth-order valence-corrected chi connectivity index (χ4v) is 1.32. The van der Waals surface area contributed by atoms with Gasteiger partial charge in [-0.2, -0.15) is 5.10 Å². The minimum Gasteiger partial charge on any atom is -0.364 e. The van der Waals surface area contributed by atoms with Crippen molar-refractivity contribution in [3.8, 4) is 0 Å². The van der Waals surface area contributed by atoms with Gasteiger partial charge in [0.05, 0.1) is 5.52 Å². The summed E-state index contributed by atoms with van der Waals surface area (Å²) in [6.07, 6.45) is 0. The molecule has 0 radical (unpaired) electrons. The van der Waals surface area contributed by atoms with E-state index in [0.29, 0.717) is 5.69 Å². The normalized spacial score (nSPS) is 10.5. The second kappa shape index (κ2) is 2.58. The van der Waals surface area contributed by atoms with E-state index in [9.17, 15) is 4.79 Å². The maximum Gasteiger partial charge on any atom is 0.269 e. The molecule has 0 fully saturated rings. The minimum atomic E-state index is -0.505.